The molecule has 0 saturated carbocycles. The Morgan fingerprint density at radius 2 is 2.24 bits per heavy atom. The summed E-state index contributed by atoms with van der Waals surface area (Å²) in [6.07, 6.45) is 1.59. The number of carbonyl (C=O) groups is 1. The van der Waals surface area contributed by atoms with Crippen molar-refractivity contribution in [3.05, 3.63) is 22.7 Å². The van der Waals surface area contributed by atoms with E-state index in [1.165, 1.54) is 11.3 Å². The zero-order chi connectivity index (χ0) is 15.1. The number of rotatable bonds is 3. The number of amides is 1. The Balaban J connectivity index is 1.86. The van der Waals surface area contributed by atoms with Gasteiger partial charge in [0.05, 0.1) is 23.3 Å². The van der Waals surface area contributed by atoms with E-state index in [0.717, 1.165) is 15.9 Å². The van der Waals surface area contributed by atoms with Crippen molar-refractivity contribution >= 4 is 33.1 Å². The lowest BCUT2D eigenvalue weighted by molar-refractivity contribution is 0.0954. The number of thiophene rings is 1. The second-order valence-corrected chi connectivity index (χ2v) is 5.77. The number of fused-ring (bicyclic) bond motifs is 1. The molecular formula is C12H15N7OS. The molecular weight excluding hydrogens is 290 g/mol. The third-order valence-electron chi connectivity index (χ3n) is 3.30. The van der Waals surface area contributed by atoms with Crippen molar-refractivity contribution in [2.75, 3.05) is 5.73 Å². The standard InChI is InChI=1S/C12H15N7OS/c1-6-8-9(13)10(21-12(8)19(3)17-6)11(20)14-4-7-16-15-5-18(7)2/h5H,4,13H2,1-3H3,(H,14,20). The highest BCUT2D eigenvalue weighted by Crippen LogP contribution is 2.35. The smallest absolute Gasteiger partial charge is 0.263 e. The first-order valence-electron chi connectivity index (χ1n) is 6.31. The molecule has 3 rings (SSSR count). The molecule has 1 amide bonds. The Bertz CT molecular complexity index is 828. The highest BCUT2D eigenvalue weighted by atomic mass is 32.1. The van der Waals surface area contributed by atoms with Crippen molar-refractivity contribution in [2.45, 2.75) is 13.5 Å². The van der Waals surface area contributed by atoms with Crippen LogP contribution in [0.5, 0.6) is 0 Å². The van der Waals surface area contributed by atoms with Gasteiger partial charge in [0.15, 0.2) is 5.82 Å². The van der Waals surface area contributed by atoms with Gasteiger partial charge in [0.25, 0.3) is 5.91 Å². The predicted octanol–water partition coefficient (Wildman–Crippen LogP) is 0.584. The number of hydrogen-bond donors (Lipinski definition) is 2. The molecule has 0 unspecified atom stereocenters. The summed E-state index contributed by atoms with van der Waals surface area (Å²) < 4.78 is 3.49. The molecule has 0 spiro atoms. The van der Waals surface area contributed by atoms with Crippen molar-refractivity contribution in [1.29, 1.82) is 0 Å². The van der Waals surface area contributed by atoms with Crippen LogP contribution in [0.1, 0.15) is 21.2 Å². The van der Waals surface area contributed by atoms with Crippen molar-refractivity contribution in [3.63, 3.8) is 0 Å². The summed E-state index contributed by atoms with van der Waals surface area (Å²) in [6.45, 7) is 2.19. The Morgan fingerprint density at radius 3 is 2.86 bits per heavy atom. The van der Waals surface area contributed by atoms with Gasteiger partial charge in [-0.2, -0.15) is 5.10 Å². The molecule has 0 radical (unpaired) electrons. The highest BCUT2D eigenvalue weighted by Gasteiger charge is 2.21. The maximum atomic E-state index is 12.3. The first kappa shape index (κ1) is 13.6. The zero-order valence-corrected chi connectivity index (χ0v) is 12.7. The quantitative estimate of drug-likeness (QED) is 0.737. The molecule has 3 aromatic heterocycles. The van der Waals surface area contributed by atoms with Crippen LogP contribution >= 0.6 is 11.3 Å². The number of hydrogen-bond acceptors (Lipinski definition) is 6. The summed E-state index contributed by atoms with van der Waals surface area (Å²) in [7, 11) is 3.66. The lowest BCUT2D eigenvalue weighted by Gasteiger charge is -2.04. The van der Waals surface area contributed by atoms with Crippen molar-refractivity contribution in [1.82, 2.24) is 29.9 Å². The van der Waals surface area contributed by atoms with Gasteiger partial charge in [-0.15, -0.1) is 21.5 Å². The van der Waals surface area contributed by atoms with Gasteiger partial charge in [0, 0.05) is 14.1 Å². The summed E-state index contributed by atoms with van der Waals surface area (Å²) in [5, 5.41) is 15.7. The van der Waals surface area contributed by atoms with E-state index in [0.29, 0.717) is 22.9 Å². The number of anilines is 1. The van der Waals surface area contributed by atoms with Gasteiger partial charge >= 0.3 is 0 Å². The number of carbonyl (C=O) groups excluding carboxylic acids is 1. The minimum atomic E-state index is -0.212. The molecule has 21 heavy (non-hydrogen) atoms. The van der Waals surface area contributed by atoms with Crippen LogP contribution < -0.4 is 11.1 Å². The molecule has 0 bridgehead atoms. The normalized spacial score (nSPS) is 11.2. The van der Waals surface area contributed by atoms with Crippen molar-refractivity contribution in [3.8, 4) is 0 Å². The van der Waals surface area contributed by atoms with Crippen LogP contribution in [-0.4, -0.2) is 30.5 Å². The van der Waals surface area contributed by atoms with E-state index in [2.05, 4.69) is 20.6 Å². The Labute approximate surface area is 124 Å². The van der Waals surface area contributed by atoms with E-state index in [-0.39, 0.29) is 5.91 Å². The molecule has 0 fully saturated rings. The molecule has 0 atom stereocenters. The lowest BCUT2D eigenvalue weighted by atomic mass is 10.2. The van der Waals surface area contributed by atoms with Gasteiger partial charge in [0.2, 0.25) is 0 Å². The maximum absolute atomic E-state index is 12.3. The molecule has 8 nitrogen and oxygen atoms in total. The molecule has 0 aromatic carbocycles. The van der Waals surface area contributed by atoms with Gasteiger partial charge in [-0.1, -0.05) is 0 Å². The monoisotopic (exact) mass is 305 g/mol. The number of nitrogens with two attached hydrogens (primary N) is 1. The second kappa shape index (κ2) is 4.85. The van der Waals surface area contributed by atoms with E-state index < -0.39 is 0 Å². The summed E-state index contributed by atoms with van der Waals surface area (Å²) >= 11 is 1.34. The van der Waals surface area contributed by atoms with Crippen LogP contribution in [-0.2, 0) is 20.6 Å². The number of aryl methyl sites for hydroxylation is 3. The van der Waals surface area contributed by atoms with Crippen molar-refractivity contribution < 1.29 is 4.79 Å². The highest BCUT2D eigenvalue weighted by molar-refractivity contribution is 7.21. The molecule has 3 N–H and O–H groups in total. The number of nitrogen functional groups attached to an aromatic ring is 1. The number of aromatic nitrogens is 5. The largest absolute Gasteiger partial charge is 0.397 e. The summed E-state index contributed by atoms with van der Waals surface area (Å²) in [5.74, 6) is 0.469. The zero-order valence-electron chi connectivity index (χ0n) is 11.9. The van der Waals surface area contributed by atoms with E-state index in [4.69, 9.17) is 5.73 Å². The molecule has 0 aliphatic heterocycles. The maximum Gasteiger partial charge on any atom is 0.263 e. The Morgan fingerprint density at radius 1 is 1.48 bits per heavy atom. The lowest BCUT2D eigenvalue weighted by Crippen LogP contribution is -2.24. The summed E-state index contributed by atoms with van der Waals surface area (Å²) in [5.41, 5.74) is 7.41. The Hall–Kier alpha value is -2.42. The number of nitrogens with one attached hydrogen (secondary N) is 1. The van der Waals surface area contributed by atoms with Crippen LogP contribution in [0.3, 0.4) is 0 Å². The van der Waals surface area contributed by atoms with Gasteiger partial charge in [0.1, 0.15) is 16.0 Å². The fourth-order valence-corrected chi connectivity index (χ4v) is 3.31. The first-order valence-corrected chi connectivity index (χ1v) is 7.13. The van der Waals surface area contributed by atoms with Gasteiger partial charge in [-0.05, 0) is 6.92 Å². The first-order chi connectivity index (χ1) is 9.99. The molecule has 9 heteroatoms. The average Bonchev–Trinajstić information content (AvgIpc) is 3.06. The summed E-state index contributed by atoms with van der Waals surface area (Å²) in [6, 6.07) is 0. The molecule has 0 aliphatic carbocycles. The molecule has 3 aromatic rings. The topological polar surface area (TPSA) is 104 Å². The predicted molar refractivity (Wildman–Crippen MR) is 79.9 cm³/mol. The Kier molecular flexibility index (Phi) is 3.13. The fourth-order valence-electron chi connectivity index (χ4n) is 2.20. The van der Waals surface area contributed by atoms with Crippen LogP contribution in [0.2, 0.25) is 0 Å². The third kappa shape index (κ3) is 2.15. The molecule has 0 saturated heterocycles. The SMILES string of the molecule is Cc1nn(C)c2sc(C(=O)NCc3nncn3C)c(N)c12. The van der Waals surface area contributed by atoms with E-state index in [1.807, 2.05) is 21.0 Å². The number of nitrogens with zero attached hydrogens (tertiary/aromatic N) is 5. The fraction of sp³-hybridized carbons (Fsp3) is 0.333. The van der Waals surface area contributed by atoms with Gasteiger partial charge in [-0.25, -0.2) is 0 Å². The average molecular weight is 305 g/mol. The van der Waals surface area contributed by atoms with E-state index in [1.54, 1.807) is 15.6 Å². The van der Waals surface area contributed by atoms with Gasteiger partial charge in [-0.3, -0.25) is 9.48 Å². The minimum Gasteiger partial charge on any atom is -0.397 e. The third-order valence-corrected chi connectivity index (χ3v) is 4.57. The second-order valence-electron chi connectivity index (χ2n) is 4.77. The van der Waals surface area contributed by atoms with Crippen LogP contribution in [0.4, 0.5) is 5.69 Å². The van der Waals surface area contributed by atoms with Crippen molar-refractivity contribution in [2.24, 2.45) is 14.1 Å². The summed E-state index contributed by atoms with van der Waals surface area (Å²) in [4.78, 5) is 13.7. The van der Waals surface area contributed by atoms with E-state index >= 15 is 0 Å². The van der Waals surface area contributed by atoms with Crippen LogP contribution in [0, 0.1) is 6.92 Å². The molecule has 0 aliphatic rings. The molecule has 110 valence electrons. The van der Waals surface area contributed by atoms with Crippen LogP contribution in [0.15, 0.2) is 6.33 Å². The minimum absolute atomic E-state index is 0.212. The van der Waals surface area contributed by atoms with Crippen LogP contribution in [0.25, 0.3) is 10.2 Å². The molecule has 3 heterocycles. The van der Waals surface area contributed by atoms with E-state index in [9.17, 15) is 4.79 Å². The van der Waals surface area contributed by atoms with Gasteiger partial charge < -0.3 is 15.6 Å².